The Balaban J connectivity index is 0.00000196. The molecule has 15 heavy (non-hydrogen) atoms. The fraction of sp³-hybridized carbons (Fsp3) is 0.111. The molecule has 1 aromatic rings. The van der Waals surface area contributed by atoms with Crippen LogP contribution in [0, 0.1) is 0 Å². The summed E-state index contributed by atoms with van der Waals surface area (Å²) < 4.78 is 0. The number of benzene rings is 1. The molecule has 0 aliphatic carbocycles. The highest BCUT2D eigenvalue weighted by molar-refractivity contribution is 6.01. The maximum Gasteiger partial charge on any atom is 0.325 e. The number of nitrogens with two attached hydrogens (primary N) is 1. The number of para-hydroxylation sites is 1. The van der Waals surface area contributed by atoms with Crippen molar-refractivity contribution in [2.45, 2.75) is 0 Å². The largest absolute Gasteiger partial charge is 0.370 e. The molecular formula is C9H13ClN4O. The average Bonchev–Trinajstić information content (AvgIpc) is 2.19. The number of halogens is 1. The molecule has 0 atom stereocenters. The zero-order valence-electron chi connectivity index (χ0n) is 8.23. The maximum absolute atomic E-state index is 11.2. The number of hydrogen-bond acceptors (Lipinski definition) is 2. The Morgan fingerprint density at radius 1 is 1.33 bits per heavy atom. The molecule has 1 rings (SSSR count). The highest BCUT2D eigenvalue weighted by Gasteiger charge is 2.00. The molecule has 1 aromatic carbocycles. The average molecular weight is 229 g/mol. The van der Waals surface area contributed by atoms with Gasteiger partial charge in [-0.2, -0.15) is 0 Å². The van der Waals surface area contributed by atoms with E-state index in [1.807, 2.05) is 18.2 Å². The first-order valence-electron chi connectivity index (χ1n) is 4.07. The fourth-order valence-corrected chi connectivity index (χ4v) is 0.856. The van der Waals surface area contributed by atoms with Crippen LogP contribution in [0.25, 0.3) is 0 Å². The third-order valence-corrected chi connectivity index (χ3v) is 1.51. The molecule has 0 aromatic heterocycles. The van der Waals surface area contributed by atoms with Gasteiger partial charge in [-0.25, -0.2) is 4.79 Å². The van der Waals surface area contributed by atoms with Gasteiger partial charge in [0.25, 0.3) is 0 Å². The Hall–Kier alpha value is -1.75. The minimum absolute atomic E-state index is 0. The van der Waals surface area contributed by atoms with E-state index in [9.17, 15) is 4.79 Å². The molecule has 2 amide bonds. The lowest BCUT2D eigenvalue weighted by Crippen LogP contribution is -2.39. The first kappa shape index (κ1) is 13.2. The van der Waals surface area contributed by atoms with Crippen LogP contribution < -0.4 is 16.4 Å². The minimum atomic E-state index is -0.403. The molecular weight excluding hydrogens is 216 g/mol. The zero-order chi connectivity index (χ0) is 10.4. The molecule has 4 N–H and O–H groups in total. The Bertz CT molecular complexity index is 339. The Labute approximate surface area is 94.2 Å². The molecule has 0 unspecified atom stereocenters. The van der Waals surface area contributed by atoms with Crippen LogP contribution in [0.3, 0.4) is 0 Å². The highest BCUT2D eigenvalue weighted by atomic mass is 35.5. The molecule has 0 heterocycles. The van der Waals surface area contributed by atoms with Gasteiger partial charge in [-0.1, -0.05) is 18.2 Å². The topological polar surface area (TPSA) is 79.5 Å². The lowest BCUT2D eigenvalue weighted by molar-refractivity contribution is 0.256. The van der Waals surface area contributed by atoms with Crippen molar-refractivity contribution in [2.75, 3.05) is 12.4 Å². The van der Waals surface area contributed by atoms with Gasteiger partial charge in [-0.05, 0) is 12.1 Å². The van der Waals surface area contributed by atoms with Gasteiger partial charge in [0.2, 0.25) is 0 Å². The van der Waals surface area contributed by atoms with E-state index in [1.165, 1.54) is 7.05 Å². The van der Waals surface area contributed by atoms with Crippen molar-refractivity contribution in [3.63, 3.8) is 0 Å². The summed E-state index contributed by atoms with van der Waals surface area (Å²) in [5.41, 5.74) is 6.01. The van der Waals surface area contributed by atoms with E-state index in [0.29, 0.717) is 5.69 Å². The van der Waals surface area contributed by atoms with Crippen molar-refractivity contribution >= 4 is 30.1 Å². The zero-order valence-corrected chi connectivity index (χ0v) is 9.04. The number of nitrogens with zero attached hydrogens (tertiary/aromatic N) is 1. The number of amides is 2. The van der Waals surface area contributed by atoms with Gasteiger partial charge in [-0.3, -0.25) is 10.3 Å². The van der Waals surface area contributed by atoms with E-state index >= 15 is 0 Å². The van der Waals surface area contributed by atoms with Crippen LogP contribution in [0.2, 0.25) is 0 Å². The third-order valence-electron chi connectivity index (χ3n) is 1.51. The summed E-state index contributed by atoms with van der Waals surface area (Å²) in [5.74, 6) is 0.0819. The summed E-state index contributed by atoms with van der Waals surface area (Å²) in [6, 6.07) is 8.67. The molecule has 0 aliphatic heterocycles. The summed E-state index contributed by atoms with van der Waals surface area (Å²) in [6.07, 6.45) is 0. The van der Waals surface area contributed by atoms with Crippen LogP contribution in [0.15, 0.2) is 35.3 Å². The molecule has 0 saturated heterocycles. The summed E-state index contributed by atoms with van der Waals surface area (Å²) in [4.78, 5) is 14.8. The van der Waals surface area contributed by atoms with Crippen LogP contribution >= 0.6 is 12.4 Å². The van der Waals surface area contributed by atoms with Crippen LogP contribution in [-0.4, -0.2) is 19.0 Å². The molecule has 0 fully saturated rings. The summed E-state index contributed by atoms with van der Waals surface area (Å²) >= 11 is 0. The van der Waals surface area contributed by atoms with Crippen molar-refractivity contribution in [2.24, 2.45) is 10.7 Å². The van der Waals surface area contributed by atoms with E-state index < -0.39 is 6.03 Å². The van der Waals surface area contributed by atoms with Crippen LogP contribution in [-0.2, 0) is 0 Å². The van der Waals surface area contributed by atoms with E-state index in [0.717, 1.165) is 0 Å². The normalized spacial score (nSPS) is 10.1. The third kappa shape index (κ3) is 4.87. The molecule has 0 aliphatic rings. The number of carbonyl (C=O) groups excluding carboxylic acids is 1. The first-order chi connectivity index (χ1) is 6.72. The molecule has 82 valence electrons. The Kier molecular flexibility index (Phi) is 5.89. The predicted molar refractivity (Wildman–Crippen MR) is 63.4 cm³/mol. The van der Waals surface area contributed by atoms with Gasteiger partial charge >= 0.3 is 6.03 Å². The Morgan fingerprint density at radius 3 is 2.47 bits per heavy atom. The summed E-state index contributed by atoms with van der Waals surface area (Å²) in [7, 11) is 1.50. The fourth-order valence-electron chi connectivity index (χ4n) is 0.856. The van der Waals surface area contributed by atoms with Crippen LogP contribution in [0.1, 0.15) is 0 Å². The van der Waals surface area contributed by atoms with Gasteiger partial charge < -0.3 is 11.1 Å². The second-order valence-corrected chi connectivity index (χ2v) is 2.55. The lowest BCUT2D eigenvalue weighted by Gasteiger charge is -2.05. The van der Waals surface area contributed by atoms with Crippen molar-refractivity contribution in [3.05, 3.63) is 30.3 Å². The minimum Gasteiger partial charge on any atom is -0.370 e. The number of nitrogens with one attached hydrogen (secondary N) is 2. The lowest BCUT2D eigenvalue weighted by atomic mass is 10.3. The highest BCUT2D eigenvalue weighted by Crippen LogP contribution is 2.03. The smallest absolute Gasteiger partial charge is 0.325 e. The summed E-state index contributed by atoms with van der Waals surface area (Å²) in [6.45, 7) is 0. The predicted octanol–water partition coefficient (Wildman–Crippen LogP) is 1.17. The molecule has 0 saturated carbocycles. The van der Waals surface area contributed by atoms with Gasteiger partial charge in [0, 0.05) is 12.7 Å². The maximum atomic E-state index is 11.2. The van der Waals surface area contributed by atoms with E-state index in [-0.39, 0.29) is 18.4 Å². The van der Waals surface area contributed by atoms with Crippen molar-refractivity contribution in [1.82, 2.24) is 5.32 Å². The number of carbonyl (C=O) groups is 1. The van der Waals surface area contributed by atoms with E-state index in [1.54, 1.807) is 12.1 Å². The molecule has 0 spiro atoms. The molecule has 5 nitrogen and oxygen atoms in total. The van der Waals surface area contributed by atoms with Crippen molar-refractivity contribution < 1.29 is 4.79 Å². The monoisotopic (exact) mass is 228 g/mol. The van der Waals surface area contributed by atoms with Gasteiger partial charge in [-0.15, -0.1) is 12.4 Å². The SMILES string of the molecule is CN=C(N)NC(=O)Nc1ccccc1.Cl. The number of hydrogen-bond donors (Lipinski definition) is 3. The second kappa shape index (κ2) is 6.67. The summed E-state index contributed by atoms with van der Waals surface area (Å²) in [5, 5.41) is 4.95. The Morgan fingerprint density at radius 2 is 1.93 bits per heavy atom. The van der Waals surface area contributed by atoms with Crippen molar-refractivity contribution in [3.8, 4) is 0 Å². The van der Waals surface area contributed by atoms with Gasteiger partial charge in [0.1, 0.15) is 0 Å². The number of aliphatic imine (C=N–C) groups is 1. The number of anilines is 1. The standard InChI is InChI=1S/C9H12N4O.ClH/c1-11-8(10)13-9(14)12-7-5-3-2-4-6-7;/h2-6H,1H3,(H4,10,11,12,13,14);1H. The van der Waals surface area contributed by atoms with E-state index in [2.05, 4.69) is 15.6 Å². The van der Waals surface area contributed by atoms with Crippen LogP contribution in [0.5, 0.6) is 0 Å². The second-order valence-electron chi connectivity index (χ2n) is 2.55. The molecule has 0 radical (unpaired) electrons. The first-order valence-corrected chi connectivity index (χ1v) is 4.07. The van der Waals surface area contributed by atoms with Crippen molar-refractivity contribution in [1.29, 1.82) is 0 Å². The quantitative estimate of drug-likeness (QED) is 0.498. The number of guanidine groups is 1. The van der Waals surface area contributed by atoms with Gasteiger partial charge in [0.15, 0.2) is 5.96 Å². The van der Waals surface area contributed by atoms with Crippen LogP contribution in [0.4, 0.5) is 10.5 Å². The number of rotatable bonds is 1. The van der Waals surface area contributed by atoms with E-state index in [4.69, 9.17) is 5.73 Å². The molecule has 6 heteroatoms. The number of urea groups is 1. The molecule has 0 bridgehead atoms. The van der Waals surface area contributed by atoms with Gasteiger partial charge in [0.05, 0.1) is 0 Å².